The van der Waals surface area contributed by atoms with E-state index >= 15 is 0 Å². The molecule has 0 aromatic heterocycles. The topological polar surface area (TPSA) is 23.5 Å². The summed E-state index contributed by atoms with van der Waals surface area (Å²) in [6, 6.07) is 0.550. The normalized spacial score (nSPS) is 26.2. The second-order valence-corrected chi connectivity index (χ2v) is 4.99. The smallest absolute Gasteiger partial charge is 0.0527 e. The predicted molar refractivity (Wildman–Crippen MR) is 59.0 cm³/mol. The highest BCUT2D eigenvalue weighted by atomic mass is 79.9. The molecule has 0 amide bonds. The molecule has 0 saturated carbocycles. The Hall–Kier alpha value is 0.140. The van der Waals surface area contributed by atoms with Crippen molar-refractivity contribution in [2.24, 2.45) is 0 Å². The third-order valence-corrected chi connectivity index (χ3v) is 2.74. The Balaban J connectivity index is 2.39. The maximum atomic E-state index is 9.30. The van der Waals surface area contributed by atoms with Crippen molar-refractivity contribution < 1.29 is 5.11 Å². The zero-order valence-electron chi connectivity index (χ0n) is 8.17. The summed E-state index contributed by atoms with van der Waals surface area (Å²) in [5, 5.41) is 9.30. The first-order valence-corrected chi connectivity index (χ1v) is 5.64. The van der Waals surface area contributed by atoms with Gasteiger partial charge in [-0.05, 0) is 32.7 Å². The Morgan fingerprint density at radius 1 is 1.77 bits per heavy atom. The maximum absolute atomic E-state index is 9.30. The molecule has 3 heteroatoms. The van der Waals surface area contributed by atoms with Gasteiger partial charge in [0.1, 0.15) is 0 Å². The van der Waals surface area contributed by atoms with Crippen molar-refractivity contribution in [3.8, 4) is 0 Å². The van der Waals surface area contributed by atoms with Gasteiger partial charge in [-0.15, -0.1) is 0 Å². The van der Waals surface area contributed by atoms with E-state index in [9.17, 15) is 5.11 Å². The van der Waals surface area contributed by atoms with Crippen LogP contribution in [0.5, 0.6) is 0 Å². The van der Waals surface area contributed by atoms with Crippen molar-refractivity contribution in [1.82, 2.24) is 4.90 Å². The highest BCUT2D eigenvalue weighted by molar-refractivity contribution is 9.11. The van der Waals surface area contributed by atoms with Crippen LogP contribution in [0.4, 0.5) is 0 Å². The fourth-order valence-corrected chi connectivity index (χ4v) is 2.31. The first-order valence-electron chi connectivity index (χ1n) is 4.85. The number of aliphatic hydroxyl groups is 1. The minimum absolute atomic E-state index is 0.186. The summed E-state index contributed by atoms with van der Waals surface area (Å²) in [6.07, 6.45) is 3.16. The standard InChI is InChI=1S/C10H18BrNO/c1-8(11)7-12-5-3-4-10(12)6-9(2)13/h9-10,13H,1,3-7H2,2H3. The quantitative estimate of drug-likeness (QED) is 0.823. The molecule has 0 aliphatic carbocycles. The Morgan fingerprint density at radius 2 is 2.46 bits per heavy atom. The van der Waals surface area contributed by atoms with E-state index in [0.717, 1.165) is 24.0 Å². The molecular formula is C10H18BrNO. The lowest BCUT2D eigenvalue weighted by atomic mass is 10.1. The summed E-state index contributed by atoms with van der Waals surface area (Å²) in [4.78, 5) is 2.39. The second kappa shape index (κ2) is 5.13. The highest BCUT2D eigenvalue weighted by Gasteiger charge is 2.25. The molecule has 1 N–H and O–H groups in total. The molecule has 1 aliphatic heterocycles. The average Bonchev–Trinajstić information content (AvgIpc) is 2.34. The molecular weight excluding hydrogens is 230 g/mol. The van der Waals surface area contributed by atoms with Crippen LogP contribution in [0.2, 0.25) is 0 Å². The fourth-order valence-electron chi connectivity index (χ4n) is 1.98. The molecule has 76 valence electrons. The zero-order chi connectivity index (χ0) is 9.84. The molecule has 1 aliphatic rings. The van der Waals surface area contributed by atoms with Gasteiger partial charge in [0.2, 0.25) is 0 Å². The van der Waals surface area contributed by atoms with E-state index < -0.39 is 0 Å². The minimum Gasteiger partial charge on any atom is -0.393 e. The van der Waals surface area contributed by atoms with E-state index in [-0.39, 0.29) is 6.10 Å². The summed E-state index contributed by atoms with van der Waals surface area (Å²) >= 11 is 3.38. The van der Waals surface area contributed by atoms with Crippen molar-refractivity contribution in [2.45, 2.75) is 38.3 Å². The number of hydrogen-bond donors (Lipinski definition) is 1. The minimum atomic E-state index is -0.186. The first-order chi connectivity index (χ1) is 6.09. The largest absolute Gasteiger partial charge is 0.393 e. The molecule has 2 unspecified atom stereocenters. The maximum Gasteiger partial charge on any atom is 0.0527 e. The Bertz CT molecular complexity index is 182. The number of aliphatic hydroxyl groups excluding tert-OH is 1. The van der Waals surface area contributed by atoms with Gasteiger partial charge >= 0.3 is 0 Å². The van der Waals surface area contributed by atoms with E-state index in [1.165, 1.54) is 12.8 Å². The van der Waals surface area contributed by atoms with Gasteiger partial charge in [-0.3, -0.25) is 4.90 Å². The third-order valence-electron chi connectivity index (χ3n) is 2.49. The van der Waals surface area contributed by atoms with Gasteiger partial charge in [0, 0.05) is 17.1 Å². The Kier molecular flexibility index (Phi) is 4.42. The van der Waals surface area contributed by atoms with Crippen molar-refractivity contribution in [3.05, 3.63) is 11.1 Å². The van der Waals surface area contributed by atoms with E-state index in [1.807, 2.05) is 6.92 Å². The highest BCUT2D eigenvalue weighted by Crippen LogP contribution is 2.22. The molecule has 0 aromatic rings. The van der Waals surface area contributed by atoms with Gasteiger partial charge in [0.25, 0.3) is 0 Å². The van der Waals surface area contributed by atoms with Gasteiger partial charge in [-0.1, -0.05) is 22.5 Å². The summed E-state index contributed by atoms with van der Waals surface area (Å²) in [6.45, 7) is 7.76. The van der Waals surface area contributed by atoms with E-state index in [2.05, 4.69) is 27.4 Å². The van der Waals surface area contributed by atoms with E-state index in [1.54, 1.807) is 0 Å². The Morgan fingerprint density at radius 3 is 3.00 bits per heavy atom. The summed E-state index contributed by atoms with van der Waals surface area (Å²) in [5.41, 5.74) is 0. The molecule has 0 spiro atoms. The molecule has 0 radical (unpaired) electrons. The molecule has 1 rings (SSSR count). The van der Waals surface area contributed by atoms with Crippen LogP contribution in [0, 0.1) is 0 Å². The number of hydrogen-bond acceptors (Lipinski definition) is 2. The first kappa shape index (κ1) is 11.2. The zero-order valence-corrected chi connectivity index (χ0v) is 9.76. The van der Waals surface area contributed by atoms with Gasteiger partial charge in [0.15, 0.2) is 0 Å². The molecule has 1 heterocycles. The van der Waals surface area contributed by atoms with E-state index in [4.69, 9.17) is 0 Å². The van der Waals surface area contributed by atoms with Crippen LogP contribution in [0.1, 0.15) is 26.2 Å². The van der Waals surface area contributed by atoms with Crippen LogP contribution in [-0.2, 0) is 0 Å². The fraction of sp³-hybridized carbons (Fsp3) is 0.800. The number of rotatable bonds is 4. The molecule has 13 heavy (non-hydrogen) atoms. The number of nitrogens with zero attached hydrogens (tertiary/aromatic N) is 1. The molecule has 2 atom stereocenters. The lowest BCUT2D eigenvalue weighted by molar-refractivity contribution is 0.139. The number of likely N-dealkylation sites (tertiary alicyclic amines) is 1. The monoisotopic (exact) mass is 247 g/mol. The third kappa shape index (κ3) is 3.79. The lowest BCUT2D eigenvalue weighted by Gasteiger charge is -2.24. The van der Waals surface area contributed by atoms with Crippen molar-refractivity contribution >= 4 is 15.9 Å². The molecule has 0 aromatic carbocycles. The molecule has 1 fully saturated rings. The molecule has 2 nitrogen and oxygen atoms in total. The van der Waals surface area contributed by atoms with E-state index in [0.29, 0.717) is 6.04 Å². The van der Waals surface area contributed by atoms with Crippen molar-refractivity contribution in [3.63, 3.8) is 0 Å². The van der Waals surface area contributed by atoms with Gasteiger partial charge < -0.3 is 5.11 Å². The van der Waals surface area contributed by atoms with Crippen LogP contribution in [0.15, 0.2) is 11.1 Å². The van der Waals surface area contributed by atoms with Gasteiger partial charge in [-0.25, -0.2) is 0 Å². The summed E-state index contributed by atoms with van der Waals surface area (Å²) in [7, 11) is 0. The van der Waals surface area contributed by atoms with Gasteiger partial charge in [0.05, 0.1) is 6.10 Å². The summed E-state index contributed by atoms with van der Waals surface area (Å²) in [5.74, 6) is 0. The Labute approximate surface area is 88.7 Å². The SMILES string of the molecule is C=C(Br)CN1CCCC1CC(C)O. The number of halogens is 1. The van der Waals surface area contributed by atoms with Crippen LogP contribution in [0.25, 0.3) is 0 Å². The molecule has 1 saturated heterocycles. The van der Waals surface area contributed by atoms with Crippen molar-refractivity contribution in [2.75, 3.05) is 13.1 Å². The lowest BCUT2D eigenvalue weighted by Crippen LogP contribution is -2.32. The van der Waals surface area contributed by atoms with Crippen LogP contribution < -0.4 is 0 Å². The van der Waals surface area contributed by atoms with Crippen molar-refractivity contribution in [1.29, 1.82) is 0 Å². The molecule has 0 bridgehead atoms. The van der Waals surface area contributed by atoms with Crippen LogP contribution >= 0.6 is 15.9 Å². The summed E-state index contributed by atoms with van der Waals surface area (Å²) < 4.78 is 1.03. The predicted octanol–water partition coefficient (Wildman–Crippen LogP) is 2.13. The average molecular weight is 248 g/mol. The van der Waals surface area contributed by atoms with Gasteiger partial charge in [-0.2, -0.15) is 0 Å². The second-order valence-electron chi connectivity index (χ2n) is 3.87. The van der Waals surface area contributed by atoms with Crippen LogP contribution in [-0.4, -0.2) is 35.2 Å². The van der Waals surface area contributed by atoms with Crippen LogP contribution in [0.3, 0.4) is 0 Å².